The number of nitrogens with one attached hydrogen (secondary N) is 1. The first-order valence-corrected chi connectivity index (χ1v) is 24.8. The molecule has 9 rings (SSSR count). The molecule has 4 amide bonds. The van der Waals surface area contributed by atoms with E-state index in [9.17, 15) is 9.90 Å². The molecule has 72 heavy (non-hydrogen) atoms. The number of imide groups is 1. The third-order valence-corrected chi connectivity index (χ3v) is 14.5. The number of carbonyl (C=O) groups is 5. The van der Waals surface area contributed by atoms with Crippen molar-refractivity contribution in [1.29, 1.82) is 0 Å². The lowest BCUT2D eigenvalue weighted by Crippen LogP contribution is -2.58. The third-order valence-electron chi connectivity index (χ3n) is 14.5. The van der Waals surface area contributed by atoms with Crippen LogP contribution in [0.15, 0.2) is 127 Å². The van der Waals surface area contributed by atoms with E-state index >= 15 is 19.2 Å². The molecule has 4 aliphatic heterocycles. The van der Waals surface area contributed by atoms with Crippen molar-refractivity contribution < 1.29 is 48.0 Å². The van der Waals surface area contributed by atoms with Crippen molar-refractivity contribution >= 4 is 35.5 Å². The summed E-state index contributed by atoms with van der Waals surface area (Å²) in [5.41, 5.74) is 1.64. The van der Waals surface area contributed by atoms with Crippen LogP contribution in [0.2, 0.25) is 0 Å². The van der Waals surface area contributed by atoms with Gasteiger partial charge in [0.25, 0.3) is 0 Å². The monoisotopic (exact) mass is 972 g/mol. The van der Waals surface area contributed by atoms with Crippen molar-refractivity contribution in [1.82, 2.24) is 15.1 Å². The Morgan fingerprint density at radius 1 is 0.750 bits per heavy atom. The molecule has 0 radical (unpaired) electrons. The highest BCUT2D eigenvalue weighted by molar-refractivity contribution is 6.25. The fraction of sp³-hybridized carbons (Fsp3) is 0.362. The van der Waals surface area contributed by atoms with Gasteiger partial charge < -0.3 is 34.3 Å². The molecule has 1 spiro atoms. The van der Waals surface area contributed by atoms with E-state index in [1.54, 1.807) is 68.3 Å². The van der Waals surface area contributed by atoms with Crippen molar-refractivity contribution in [3.8, 4) is 23.3 Å². The van der Waals surface area contributed by atoms with Crippen molar-refractivity contribution in [2.24, 2.45) is 11.8 Å². The summed E-state index contributed by atoms with van der Waals surface area (Å²) in [6.45, 7) is 4.13. The normalized spacial score (nSPS) is 23.2. The van der Waals surface area contributed by atoms with E-state index in [0.29, 0.717) is 52.4 Å². The van der Waals surface area contributed by atoms with E-state index in [4.69, 9.17) is 18.9 Å². The first-order valence-electron chi connectivity index (χ1n) is 24.8. The number of methoxy groups -OCH3 is 2. The molecule has 3 saturated heterocycles. The summed E-state index contributed by atoms with van der Waals surface area (Å²) in [6.07, 6.45) is 3.37. The molecule has 4 heterocycles. The maximum absolute atomic E-state index is 16.8. The number of rotatable bonds is 11. The van der Waals surface area contributed by atoms with Crippen molar-refractivity contribution in [3.63, 3.8) is 0 Å². The van der Waals surface area contributed by atoms with Crippen LogP contribution in [0, 0.1) is 23.7 Å². The molecule has 5 aromatic rings. The molecule has 4 aliphatic rings. The second-order valence-corrected chi connectivity index (χ2v) is 19.0. The minimum atomic E-state index is -2.03. The van der Waals surface area contributed by atoms with Crippen LogP contribution in [0.25, 0.3) is 0 Å². The maximum Gasteiger partial charge on any atom is 0.329 e. The van der Waals surface area contributed by atoms with Crippen LogP contribution in [0.5, 0.6) is 11.5 Å². The predicted octanol–water partition coefficient (Wildman–Crippen LogP) is 7.83. The number of urea groups is 1. The fourth-order valence-corrected chi connectivity index (χ4v) is 11.2. The number of hydrogen-bond acceptors (Lipinski definition) is 11. The van der Waals surface area contributed by atoms with Gasteiger partial charge in [-0.2, -0.15) is 0 Å². The lowest BCUT2D eigenvalue weighted by atomic mass is 9.64. The van der Waals surface area contributed by atoms with Crippen LogP contribution in [0.4, 0.5) is 10.5 Å². The standard InChI is InChI=1S/C58H60N4O10/c1-37(2)48(54(65)70-4)59-57(68)61-46-31-24-39(21-20-38-22-27-43(69-3)28-23-38)36-45(46)58(56(61)67)47(53(64)60-32-14-6-5-7-15-33-60)50-55(66)72-51(41-18-12-9-13-19-41)49(40-16-10-8-11-17-40)62(50)52(58)42-25-29-44(30-26-42)71-35-34-63/h8-13,16-19,22-31,36-37,47-52,63H,5-7,14-15,32-35H2,1-4H3,(H,59,68)/t47-,48-,49-,50-,51+,52+,58-/m0/s1. The van der Waals surface area contributed by atoms with E-state index in [0.717, 1.165) is 42.6 Å². The first kappa shape index (κ1) is 49.5. The molecule has 0 aliphatic carbocycles. The van der Waals surface area contributed by atoms with Gasteiger partial charge in [-0.3, -0.25) is 19.3 Å². The molecule has 0 saturated carbocycles. The minimum Gasteiger partial charge on any atom is -0.497 e. The largest absolute Gasteiger partial charge is 0.497 e. The lowest BCUT2D eigenvalue weighted by Gasteiger charge is -2.46. The summed E-state index contributed by atoms with van der Waals surface area (Å²) in [4.78, 5) is 82.1. The Labute approximate surface area is 420 Å². The summed E-state index contributed by atoms with van der Waals surface area (Å²) < 4.78 is 23.0. The molecular weight excluding hydrogens is 913 g/mol. The summed E-state index contributed by atoms with van der Waals surface area (Å²) in [7, 11) is 2.82. The van der Waals surface area contributed by atoms with E-state index in [-0.39, 0.29) is 18.9 Å². The average molecular weight is 973 g/mol. The number of benzene rings is 5. The number of morpholine rings is 1. The Morgan fingerprint density at radius 2 is 1.36 bits per heavy atom. The second kappa shape index (κ2) is 21.5. The van der Waals surface area contributed by atoms with Gasteiger partial charge in [0.05, 0.1) is 44.5 Å². The number of cyclic esters (lactones) is 1. The molecule has 2 N–H and O–H groups in total. The molecule has 7 atom stereocenters. The molecule has 14 heteroatoms. The Morgan fingerprint density at radius 3 is 1.99 bits per heavy atom. The van der Waals surface area contributed by atoms with E-state index < -0.39 is 77.3 Å². The summed E-state index contributed by atoms with van der Waals surface area (Å²) in [6, 6.07) is 33.2. The highest BCUT2D eigenvalue weighted by Crippen LogP contribution is 2.66. The predicted molar refractivity (Wildman–Crippen MR) is 269 cm³/mol. The van der Waals surface area contributed by atoms with Crippen LogP contribution in [-0.4, -0.2) is 97.3 Å². The average Bonchev–Trinajstić information content (AvgIpc) is 3.85. The fourth-order valence-electron chi connectivity index (χ4n) is 11.2. The zero-order chi connectivity index (χ0) is 50.5. The zero-order valence-corrected chi connectivity index (χ0v) is 41.0. The van der Waals surface area contributed by atoms with Gasteiger partial charge in [0.2, 0.25) is 11.8 Å². The van der Waals surface area contributed by atoms with Crippen LogP contribution in [0.3, 0.4) is 0 Å². The topological polar surface area (TPSA) is 164 Å². The number of fused-ring (bicyclic) bond motifs is 3. The molecule has 0 aromatic heterocycles. The van der Waals surface area contributed by atoms with Gasteiger partial charge in [0.15, 0.2) is 0 Å². The number of nitrogens with zero attached hydrogens (tertiary/aromatic N) is 3. The van der Waals surface area contributed by atoms with Crippen molar-refractivity contribution in [2.75, 3.05) is 45.4 Å². The highest BCUT2D eigenvalue weighted by atomic mass is 16.6. The van der Waals surface area contributed by atoms with Gasteiger partial charge in [-0.25, -0.2) is 14.5 Å². The Hall–Kier alpha value is -7.47. The van der Waals surface area contributed by atoms with Crippen LogP contribution in [0.1, 0.15) is 97.5 Å². The van der Waals surface area contributed by atoms with Gasteiger partial charge in [-0.1, -0.05) is 118 Å². The smallest absolute Gasteiger partial charge is 0.329 e. The number of anilines is 1. The van der Waals surface area contributed by atoms with Crippen LogP contribution < -0.4 is 19.7 Å². The molecule has 0 unspecified atom stereocenters. The highest BCUT2D eigenvalue weighted by Gasteiger charge is 2.76. The number of hydrogen-bond donors (Lipinski definition) is 2. The maximum atomic E-state index is 16.8. The number of esters is 2. The molecule has 372 valence electrons. The number of ether oxygens (including phenoxy) is 4. The SMILES string of the molecule is COC(=O)[C@@H](NC(=O)N1C(=O)[C@@]2(c3cc(C#Cc4ccc(OC)cc4)ccc31)[C@H](C(=O)N1CCCCCCC1)[C@H]1C(=O)O[C@H](c3ccccc3)[C@H](c3ccccc3)N1[C@@H]2c1ccc(OCCO)cc1)C(C)C. The molecule has 0 bridgehead atoms. The number of likely N-dealkylation sites (tertiary alicyclic amines) is 1. The van der Waals surface area contributed by atoms with Crippen LogP contribution in [-0.2, 0) is 34.1 Å². The first-order chi connectivity index (χ1) is 35.0. The summed E-state index contributed by atoms with van der Waals surface area (Å²) >= 11 is 0. The lowest BCUT2D eigenvalue weighted by molar-refractivity contribution is -0.179. The quantitative estimate of drug-likeness (QED) is 0.0980. The van der Waals surface area contributed by atoms with E-state index in [2.05, 4.69) is 17.2 Å². The van der Waals surface area contributed by atoms with Crippen LogP contribution >= 0.6 is 0 Å². The second-order valence-electron chi connectivity index (χ2n) is 19.0. The van der Waals surface area contributed by atoms with Gasteiger partial charge >= 0.3 is 18.0 Å². The van der Waals surface area contributed by atoms with Crippen molar-refractivity contribution in [3.05, 3.63) is 161 Å². The summed E-state index contributed by atoms with van der Waals surface area (Å²) in [5.74, 6) is 3.16. The van der Waals surface area contributed by atoms with Gasteiger partial charge in [-0.05, 0) is 95.6 Å². The summed E-state index contributed by atoms with van der Waals surface area (Å²) in [5, 5.41) is 12.5. The molecule has 14 nitrogen and oxygen atoms in total. The minimum absolute atomic E-state index is 0.0349. The molecule has 5 aromatic carbocycles. The number of amides is 4. The zero-order valence-electron chi connectivity index (χ0n) is 41.0. The third kappa shape index (κ3) is 9.19. The van der Waals surface area contributed by atoms with Gasteiger partial charge in [-0.15, -0.1) is 0 Å². The van der Waals surface area contributed by atoms with E-state index in [1.165, 1.54) is 7.11 Å². The Bertz CT molecular complexity index is 2840. The molecule has 3 fully saturated rings. The number of aliphatic hydroxyl groups excluding tert-OH is 1. The van der Waals surface area contributed by atoms with E-state index in [1.807, 2.05) is 89.8 Å². The van der Waals surface area contributed by atoms with Gasteiger partial charge in [0, 0.05) is 24.2 Å². The van der Waals surface area contributed by atoms with Gasteiger partial charge in [0.1, 0.15) is 41.7 Å². The number of carbonyl (C=O) groups excluding carboxylic acids is 5. The Kier molecular flexibility index (Phi) is 14.8. The van der Waals surface area contributed by atoms with Crippen molar-refractivity contribution in [2.45, 2.75) is 81.6 Å². The molecular formula is C58H60N4O10. The number of aliphatic hydroxyl groups is 1. The Balaban J connectivity index is 1.36.